The molecule has 2 heterocycles. The van der Waals surface area contributed by atoms with E-state index in [0.29, 0.717) is 34.2 Å². The van der Waals surface area contributed by atoms with Crippen molar-refractivity contribution < 1.29 is 23.4 Å². The molecule has 7 nitrogen and oxygen atoms in total. The van der Waals surface area contributed by atoms with Gasteiger partial charge in [0.2, 0.25) is 0 Å². The summed E-state index contributed by atoms with van der Waals surface area (Å²) in [5.41, 5.74) is 1.39. The molecule has 0 aliphatic rings. The Bertz CT molecular complexity index is 1330. The van der Waals surface area contributed by atoms with E-state index in [2.05, 4.69) is 11.6 Å². The standard InChI is InChI=1S/C22H20N2O5S/c1-5-9-24-14-11-16(27-3)17(28-4)12-19(14)30-22(24)23-21(25)18-10-13-7-6-8-15(26-2)20(13)29-18/h5-8,10-12H,1,9H2,2-4H3. The molecule has 4 aromatic rings. The highest BCUT2D eigenvalue weighted by Crippen LogP contribution is 2.33. The number of thiazole rings is 1. The fourth-order valence-electron chi connectivity index (χ4n) is 3.23. The molecule has 0 aliphatic heterocycles. The van der Waals surface area contributed by atoms with Gasteiger partial charge in [-0.1, -0.05) is 29.5 Å². The summed E-state index contributed by atoms with van der Waals surface area (Å²) >= 11 is 1.38. The minimum atomic E-state index is -0.475. The zero-order valence-electron chi connectivity index (χ0n) is 16.8. The molecule has 2 aromatic carbocycles. The van der Waals surface area contributed by atoms with Crippen LogP contribution in [0.15, 0.2) is 58.5 Å². The molecule has 0 saturated carbocycles. The van der Waals surface area contributed by atoms with Crippen molar-refractivity contribution in [1.29, 1.82) is 0 Å². The number of nitrogens with zero attached hydrogens (tertiary/aromatic N) is 2. The van der Waals surface area contributed by atoms with E-state index in [0.717, 1.165) is 15.6 Å². The van der Waals surface area contributed by atoms with Crippen molar-refractivity contribution in [3.05, 3.63) is 59.6 Å². The smallest absolute Gasteiger partial charge is 0.315 e. The third-order valence-corrected chi connectivity index (χ3v) is 5.68. The Morgan fingerprint density at radius 1 is 1.13 bits per heavy atom. The Balaban J connectivity index is 1.86. The fraction of sp³-hybridized carbons (Fsp3) is 0.182. The number of carbonyl (C=O) groups excluding carboxylic acids is 1. The van der Waals surface area contributed by atoms with Gasteiger partial charge in [0.15, 0.2) is 33.4 Å². The van der Waals surface area contributed by atoms with Crippen LogP contribution in [0.25, 0.3) is 21.2 Å². The fourth-order valence-corrected chi connectivity index (χ4v) is 4.28. The van der Waals surface area contributed by atoms with Crippen LogP contribution in [-0.2, 0) is 6.54 Å². The molecule has 0 spiro atoms. The minimum absolute atomic E-state index is 0.146. The average Bonchev–Trinajstić information content (AvgIpc) is 3.34. The molecule has 2 aromatic heterocycles. The van der Waals surface area contributed by atoms with Gasteiger partial charge in [-0.3, -0.25) is 4.79 Å². The molecule has 0 aliphatic carbocycles. The molecule has 0 N–H and O–H groups in total. The lowest BCUT2D eigenvalue weighted by Gasteiger charge is -2.08. The molecule has 4 rings (SSSR count). The SMILES string of the molecule is C=CCn1c(=NC(=O)c2cc3cccc(OC)c3o2)sc2cc(OC)c(OC)cc21. The maximum absolute atomic E-state index is 12.9. The third kappa shape index (κ3) is 3.35. The van der Waals surface area contributed by atoms with Crippen LogP contribution in [0.2, 0.25) is 0 Å². The van der Waals surface area contributed by atoms with Crippen molar-refractivity contribution in [3.63, 3.8) is 0 Å². The van der Waals surface area contributed by atoms with E-state index in [9.17, 15) is 4.79 Å². The van der Waals surface area contributed by atoms with Crippen LogP contribution in [0.4, 0.5) is 0 Å². The van der Waals surface area contributed by atoms with Gasteiger partial charge in [-0.25, -0.2) is 0 Å². The molecule has 0 bridgehead atoms. The second kappa shape index (κ2) is 8.08. The van der Waals surface area contributed by atoms with Crippen LogP contribution in [-0.4, -0.2) is 31.8 Å². The molecular formula is C22H20N2O5S. The van der Waals surface area contributed by atoms with Crippen molar-refractivity contribution in [2.75, 3.05) is 21.3 Å². The van der Waals surface area contributed by atoms with Gasteiger partial charge in [-0.15, -0.1) is 6.58 Å². The molecule has 0 saturated heterocycles. The number of ether oxygens (including phenoxy) is 3. The maximum atomic E-state index is 12.9. The Labute approximate surface area is 176 Å². The largest absolute Gasteiger partial charge is 0.493 e. The first-order valence-electron chi connectivity index (χ1n) is 9.11. The topological polar surface area (TPSA) is 75.2 Å². The lowest BCUT2D eigenvalue weighted by Crippen LogP contribution is -2.16. The number of hydrogen-bond acceptors (Lipinski definition) is 6. The number of para-hydroxylation sites is 1. The lowest BCUT2D eigenvalue weighted by molar-refractivity contribution is 0.0973. The van der Waals surface area contributed by atoms with Crippen LogP contribution in [0, 0.1) is 0 Å². The summed E-state index contributed by atoms with van der Waals surface area (Å²) < 4.78 is 24.6. The Morgan fingerprint density at radius 3 is 2.57 bits per heavy atom. The van der Waals surface area contributed by atoms with Gasteiger partial charge in [-0.05, 0) is 12.1 Å². The highest BCUT2D eigenvalue weighted by Gasteiger charge is 2.16. The summed E-state index contributed by atoms with van der Waals surface area (Å²) in [6, 6.07) is 10.9. The zero-order valence-corrected chi connectivity index (χ0v) is 17.6. The molecule has 0 fully saturated rings. The summed E-state index contributed by atoms with van der Waals surface area (Å²) in [4.78, 5) is 17.7. The van der Waals surface area contributed by atoms with Crippen molar-refractivity contribution in [1.82, 2.24) is 4.57 Å². The number of methoxy groups -OCH3 is 3. The molecule has 0 atom stereocenters. The van der Waals surface area contributed by atoms with Gasteiger partial charge in [0, 0.05) is 24.1 Å². The molecule has 30 heavy (non-hydrogen) atoms. The predicted molar refractivity (Wildman–Crippen MR) is 116 cm³/mol. The van der Waals surface area contributed by atoms with Gasteiger partial charge in [0.1, 0.15) is 0 Å². The monoisotopic (exact) mass is 424 g/mol. The van der Waals surface area contributed by atoms with Crippen LogP contribution in [0.5, 0.6) is 17.2 Å². The van der Waals surface area contributed by atoms with Crippen LogP contribution < -0.4 is 19.0 Å². The maximum Gasteiger partial charge on any atom is 0.315 e. The van der Waals surface area contributed by atoms with E-state index in [-0.39, 0.29) is 5.76 Å². The number of amides is 1. The summed E-state index contributed by atoms with van der Waals surface area (Å²) in [7, 11) is 4.72. The van der Waals surface area contributed by atoms with E-state index in [1.165, 1.54) is 11.3 Å². The number of fused-ring (bicyclic) bond motifs is 2. The number of benzene rings is 2. The second-order valence-corrected chi connectivity index (χ2v) is 7.37. The van der Waals surface area contributed by atoms with E-state index >= 15 is 0 Å². The first-order valence-corrected chi connectivity index (χ1v) is 9.93. The molecule has 0 radical (unpaired) electrons. The highest BCUT2D eigenvalue weighted by molar-refractivity contribution is 7.16. The summed E-state index contributed by atoms with van der Waals surface area (Å²) in [5, 5.41) is 0.776. The van der Waals surface area contributed by atoms with E-state index < -0.39 is 5.91 Å². The number of furan rings is 1. The van der Waals surface area contributed by atoms with Gasteiger partial charge in [0.05, 0.1) is 31.5 Å². The van der Waals surface area contributed by atoms with E-state index in [1.807, 2.05) is 28.8 Å². The van der Waals surface area contributed by atoms with Crippen molar-refractivity contribution in [3.8, 4) is 17.2 Å². The van der Waals surface area contributed by atoms with Crippen molar-refractivity contribution in [2.45, 2.75) is 6.54 Å². The van der Waals surface area contributed by atoms with Crippen LogP contribution >= 0.6 is 11.3 Å². The first-order chi connectivity index (χ1) is 14.6. The van der Waals surface area contributed by atoms with Gasteiger partial charge in [-0.2, -0.15) is 4.99 Å². The minimum Gasteiger partial charge on any atom is -0.493 e. The Morgan fingerprint density at radius 2 is 1.87 bits per heavy atom. The summed E-state index contributed by atoms with van der Waals surface area (Å²) in [6.07, 6.45) is 1.75. The summed E-state index contributed by atoms with van der Waals surface area (Å²) in [6.45, 7) is 4.30. The lowest BCUT2D eigenvalue weighted by atomic mass is 10.2. The first kappa shape index (κ1) is 19.8. The Kier molecular flexibility index (Phi) is 5.33. The Hall–Kier alpha value is -3.52. The molecule has 1 amide bonds. The number of hydrogen-bond donors (Lipinski definition) is 0. The number of rotatable bonds is 6. The quantitative estimate of drug-likeness (QED) is 0.429. The predicted octanol–water partition coefficient (Wildman–Crippen LogP) is 4.40. The second-order valence-electron chi connectivity index (χ2n) is 6.37. The summed E-state index contributed by atoms with van der Waals surface area (Å²) in [5.74, 6) is 1.44. The molecule has 0 unspecified atom stereocenters. The van der Waals surface area contributed by atoms with Crippen LogP contribution in [0.3, 0.4) is 0 Å². The highest BCUT2D eigenvalue weighted by atomic mass is 32.1. The van der Waals surface area contributed by atoms with E-state index in [1.54, 1.807) is 39.5 Å². The van der Waals surface area contributed by atoms with Gasteiger partial charge < -0.3 is 23.2 Å². The molecular weight excluding hydrogens is 404 g/mol. The normalized spacial score (nSPS) is 11.8. The van der Waals surface area contributed by atoms with Crippen molar-refractivity contribution in [2.24, 2.45) is 4.99 Å². The number of carbonyl (C=O) groups is 1. The molecule has 154 valence electrons. The third-order valence-electron chi connectivity index (χ3n) is 4.64. The average molecular weight is 424 g/mol. The van der Waals surface area contributed by atoms with Gasteiger partial charge >= 0.3 is 5.91 Å². The number of allylic oxidation sites excluding steroid dienone is 1. The van der Waals surface area contributed by atoms with Gasteiger partial charge in [0.25, 0.3) is 0 Å². The molecule has 8 heteroatoms. The number of aromatic nitrogens is 1. The zero-order chi connectivity index (χ0) is 21.3. The van der Waals surface area contributed by atoms with E-state index in [4.69, 9.17) is 18.6 Å². The van der Waals surface area contributed by atoms with Crippen LogP contribution in [0.1, 0.15) is 10.6 Å². The van der Waals surface area contributed by atoms with Crippen molar-refractivity contribution >= 4 is 38.4 Å².